The number of nitrogens with one attached hydrogen (secondary N) is 1. The van der Waals surface area contributed by atoms with Crippen molar-refractivity contribution < 1.29 is 19.1 Å². The molecule has 2 rings (SSSR count). The zero-order valence-electron chi connectivity index (χ0n) is 15.2. The third-order valence-electron chi connectivity index (χ3n) is 3.42. The van der Waals surface area contributed by atoms with E-state index in [0.717, 1.165) is 7.14 Å². The van der Waals surface area contributed by atoms with E-state index in [9.17, 15) is 14.9 Å². The van der Waals surface area contributed by atoms with Crippen LogP contribution < -0.4 is 10.1 Å². The number of hydrogen-bond donors (Lipinski definition) is 1. The molecule has 0 bridgehead atoms. The fraction of sp³-hybridized carbons (Fsp3) is 0.150. The number of esters is 1. The van der Waals surface area contributed by atoms with Gasteiger partial charge in [0.25, 0.3) is 5.91 Å². The van der Waals surface area contributed by atoms with Crippen LogP contribution in [-0.2, 0) is 14.3 Å². The Morgan fingerprint density at radius 3 is 2.52 bits per heavy atom. The lowest BCUT2D eigenvalue weighted by Crippen LogP contribution is -2.15. The van der Waals surface area contributed by atoms with Gasteiger partial charge in [0.15, 0.2) is 6.61 Å². The number of nitrogens with zero attached hydrogens (tertiary/aromatic N) is 1. The molecule has 0 aromatic heterocycles. The Kier molecular flexibility index (Phi) is 9.19. The third kappa shape index (κ3) is 7.17. The molecular formula is C20H15ClI2N2O4. The highest BCUT2D eigenvalue weighted by atomic mass is 127. The van der Waals surface area contributed by atoms with Crippen molar-refractivity contribution in [3.05, 3.63) is 59.7 Å². The summed E-state index contributed by atoms with van der Waals surface area (Å²) in [5.41, 5.74) is 1.09. The summed E-state index contributed by atoms with van der Waals surface area (Å²) in [6, 6.07) is 12.1. The molecule has 150 valence electrons. The van der Waals surface area contributed by atoms with Crippen molar-refractivity contribution in [2.24, 2.45) is 0 Å². The lowest BCUT2D eigenvalue weighted by Gasteiger charge is -2.11. The molecule has 0 saturated heterocycles. The summed E-state index contributed by atoms with van der Waals surface area (Å²) in [5, 5.41) is 12.5. The average Bonchev–Trinajstić information content (AvgIpc) is 2.65. The summed E-state index contributed by atoms with van der Waals surface area (Å²) in [5.74, 6) is -0.451. The van der Waals surface area contributed by atoms with Crippen LogP contribution in [0.15, 0.2) is 42.0 Å². The molecule has 0 aliphatic heterocycles. The summed E-state index contributed by atoms with van der Waals surface area (Å²) in [6.07, 6.45) is 1.49. The zero-order chi connectivity index (χ0) is 21.4. The molecule has 6 nitrogen and oxygen atoms in total. The molecule has 0 atom stereocenters. The first-order valence-electron chi connectivity index (χ1n) is 8.30. The maximum atomic E-state index is 12.4. The number of hydrogen-bond acceptors (Lipinski definition) is 5. The fourth-order valence-corrected chi connectivity index (χ4v) is 4.53. The molecule has 0 spiro atoms. The molecule has 29 heavy (non-hydrogen) atoms. The monoisotopic (exact) mass is 636 g/mol. The summed E-state index contributed by atoms with van der Waals surface area (Å²) in [4.78, 5) is 23.9. The fourth-order valence-electron chi connectivity index (χ4n) is 2.21. The molecule has 1 amide bonds. The topological polar surface area (TPSA) is 88.4 Å². The number of anilines is 1. The van der Waals surface area contributed by atoms with Crippen molar-refractivity contribution in [2.75, 3.05) is 18.5 Å². The van der Waals surface area contributed by atoms with Gasteiger partial charge in [-0.05, 0) is 94.1 Å². The molecule has 0 unspecified atom stereocenters. The van der Waals surface area contributed by atoms with Crippen LogP contribution in [0, 0.1) is 18.5 Å². The van der Waals surface area contributed by atoms with E-state index in [4.69, 9.17) is 21.1 Å². The molecule has 0 saturated carbocycles. The lowest BCUT2D eigenvalue weighted by atomic mass is 10.1. The van der Waals surface area contributed by atoms with Gasteiger partial charge in [-0.3, -0.25) is 4.79 Å². The van der Waals surface area contributed by atoms with Crippen molar-refractivity contribution >= 4 is 80.4 Å². The summed E-state index contributed by atoms with van der Waals surface area (Å²) in [7, 11) is 0. The maximum Gasteiger partial charge on any atom is 0.344 e. The Balaban J connectivity index is 2.19. The smallest absolute Gasteiger partial charge is 0.344 e. The van der Waals surface area contributed by atoms with Gasteiger partial charge in [0.2, 0.25) is 0 Å². The predicted molar refractivity (Wildman–Crippen MR) is 128 cm³/mol. The van der Waals surface area contributed by atoms with Crippen LogP contribution in [-0.4, -0.2) is 25.1 Å². The summed E-state index contributed by atoms with van der Waals surface area (Å²) in [6.45, 7) is 1.82. The lowest BCUT2D eigenvalue weighted by molar-refractivity contribution is -0.145. The highest BCUT2D eigenvalue weighted by molar-refractivity contribution is 14.1. The van der Waals surface area contributed by atoms with Gasteiger partial charge in [-0.1, -0.05) is 17.7 Å². The van der Waals surface area contributed by atoms with Crippen molar-refractivity contribution in [2.45, 2.75) is 6.92 Å². The number of carbonyl (C=O) groups is 2. The first kappa shape index (κ1) is 23.4. The van der Waals surface area contributed by atoms with E-state index < -0.39 is 11.9 Å². The summed E-state index contributed by atoms with van der Waals surface area (Å²) < 4.78 is 11.9. The van der Waals surface area contributed by atoms with E-state index in [-0.39, 0.29) is 18.8 Å². The number of benzene rings is 2. The second-order valence-electron chi connectivity index (χ2n) is 5.54. The van der Waals surface area contributed by atoms with Gasteiger partial charge >= 0.3 is 5.97 Å². The normalized spacial score (nSPS) is 10.8. The van der Waals surface area contributed by atoms with Crippen molar-refractivity contribution in [1.82, 2.24) is 0 Å². The number of amides is 1. The molecule has 0 fully saturated rings. The highest BCUT2D eigenvalue weighted by Gasteiger charge is 2.14. The van der Waals surface area contributed by atoms with E-state index in [2.05, 4.69) is 50.5 Å². The van der Waals surface area contributed by atoms with Gasteiger partial charge in [0.05, 0.1) is 13.7 Å². The minimum atomic E-state index is -0.539. The number of nitriles is 1. The number of carbonyl (C=O) groups excluding carboxylic acids is 2. The van der Waals surface area contributed by atoms with Crippen molar-refractivity contribution in [1.29, 1.82) is 5.26 Å². The number of rotatable bonds is 7. The molecular weight excluding hydrogens is 621 g/mol. The largest absolute Gasteiger partial charge is 0.480 e. The van der Waals surface area contributed by atoms with Gasteiger partial charge in [-0.15, -0.1) is 0 Å². The molecule has 1 N–H and O–H groups in total. The van der Waals surface area contributed by atoms with Crippen LogP contribution in [0.1, 0.15) is 12.5 Å². The van der Waals surface area contributed by atoms with Gasteiger partial charge in [-0.2, -0.15) is 5.26 Å². The minimum absolute atomic E-state index is 0.0585. The van der Waals surface area contributed by atoms with Crippen LogP contribution in [0.3, 0.4) is 0 Å². The maximum absolute atomic E-state index is 12.4. The quantitative estimate of drug-likeness (QED) is 0.199. The molecule has 0 radical (unpaired) electrons. The molecule has 2 aromatic carbocycles. The van der Waals surface area contributed by atoms with E-state index in [1.165, 1.54) is 6.08 Å². The zero-order valence-corrected chi connectivity index (χ0v) is 20.2. The van der Waals surface area contributed by atoms with Crippen LogP contribution in [0.4, 0.5) is 5.69 Å². The average molecular weight is 637 g/mol. The van der Waals surface area contributed by atoms with Crippen molar-refractivity contribution in [3.63, 3.8) is 0 Å². The Labute approximate surface area is 200 Å². The Hall–Kier alpha value is -1.84. The Morgan fingerprint density at radius 2 is 1.93 bits per heavy atom. The van der Waals surface area contributed by atoms with Gasteiger partial charge in [0.1, 0.15) is 17.4 Å². The summed E-state index contributed by atoms with van der Waals surface area (Å²) >= 11 is 10.0. The van der Waals surface area contributed by atoms with Crippen LogP contribution >= 0.6 is 56.8 Å². The Morgan fingerprint density at radius 1 is 1.24 bits per heavy atom. The van der Waals surface area contributed by atoms with Crippen molar-refractivity contribution in [3.8, 4) is 11.8 Å². The molecule has 0 aliphatic carbocycles. The Bertz CT molecular complexity index is 979. The first-order chi connectivity index (χ1) is 13.8. The molecule has 2 aromatic rings. The van der Waals surface area contributed by atoms with E-state index >= 15 is 0 Å². The number of ether oxygens (including phenoxy) is 2. The second-order valence-corrected chi connectivity index (χ2v) is 8.30. The van der Waals surface area contributed by atoms with Crippen LogP contribution in [0.25, 0.3) is 6.08 Å². The number of halogens is 3. The standard InChI is InChI=1S/C20H15ClI2N2O4/c1-2-28-18(26)11-29-19-16(22)7-12(8-17(19)23)6-13(10-24)20(27)25-15-5-3-4-14(21)9-15/h3-9H,2,11H2,1H3,(H,25,27)/b13-6+. The first-order valence-corrected chi connectivity index (χ1v) is 10.8. The highest BCUT2D eigenvalue weighted by Crippen LogP contribution is 2.30. The van der Waals surface area contributed by atoms with Gasteiger partial charge in [0, 0.05) is 10.7 Å². The van der Waals surface area contributed by atoms with E-state index in [0.29, 0.717) is 22.0 Å². The molecule has 9 heteroatoms. The van der Waals surface area contributed by atoms with Crippen LogP contribution in [0.2, 0.25) is 5.02 Å². The van der Waals surface area contributed by atoms with Gasteiger partial charge < -0.3 is 14.8 Å². The van der Waals surface area contributed by atoms with Crippen LogP contribution in [0.5, 0.6) is 5.75 Å². The third-order valence-corrected chi connectivity index (χ3v) is 5.26. The second kappa shape index (κ2) is 11.4. The van der Waals surface area contributed by atoms with Gasteiger partial charge in [-0.25, -0.2) is 4.79 Å². The molecule has 0 aliphatic rings. The molecule has 0 heterocycles. The minimum Gasteiger partial charge on any atom is -0.480 e. The van der Waals surface area contributed by atoms with E-state index in [1.54, 1.807) is 43.3 Å². The SMILES string of the molecule is CCOC(=O)COc1c(I)cc(/C=C(\C#N)C(=O)Nc2cccc(Cl)c2)cc1I. The van der Waals surface area contributed by atoms with E-state index in [1.807, 2.05) is 6.07 Å². The predicted octanol–water partition coefficient (Wildman–Crippen LogP) is 5.04.